The van der Waals surface area contributed by atoms with Crippen molar-refractivity contribution in [3.05, 3.63) is 54.4 Å². The first-order valence-electron chi connectivity index (χ1n) is 6.99. The molecule has 0 unspecified atom stereocenters. The van der Waals surface area contributed by atoms with Gasteiger partial charge in [0.2, 0.25) is 0 Å². The molecule has 0 atom stereocenters. The molecule has 1 aromatic carbocycles. The monoisotopic (exact) mass is 273 g/mol. The Morgan fingerprint density at radius 1 is 1.20 bits per heavy atom. The van der Waals surface area contributed by atoms with Gasteiger partial charge in [-0.05, 0) is 25.5 Å². The highest BCUT2D eigenvalue weighted by Crippen LogP contribution is 2.10. The molecular weight excluding hydrogens is 250 g/mol. The molecule has 2 rings (SSSR count). The van der Waals surface area contributed by atoms with Crippen molar-refractivity contribution in [2.45, 2.75) is 32.5 Å². The molecule has 4 nitrogen and oxygen atoms in total. The Hall–Kier alpha value is -1.65. The van der Waals surface area contributed by atoms with Gasteiger partial charge in [0.1, 0.15) is 0 Å². The van der Waals surface area contributed by atoms with Gasteiger partial charge in [-0.1, -0.05) is 30.3 Å². The van der Waals surface area contributed by atoms with Gasteiger partial charge in [0.05, 0.1) is 12.1 Å². The van der Waals surface area contributed by atoms with Gasteiger partial charge < -0.3 is 5.11 Å². The summed E-state index contributed by atoms with van der Waals surface area (Å²) in [4.78, 5) is 2.26. The molecule has 0 radical (unpaired) electrons. The Kier molecular flexibility index (Phi) is 4.93. The number of hydrogen-bond acceptors (Lipinski definition) is 3. The molecule has 20 heavy (non-hydrogen) atoms. The van der Waals surface area contributed by atoms with E-state index in [9.17, 15) is 5.11 Å². The average molecular weight is 273 g/mol. The molecule has 0 fully saturated rings. The molecule has 1 N–H and O–H groups in total. The van der Waals surface area contributed by atoms with Gasteiger partial charge in [0.25, 0.3) is 0 Å². The lowest BCUT2D eigenvalue weighted by Gasteiger charge is -2.29. The number of rotatable bonds is 7. The summed E-state index contributed by atoms with van der Waals surface area (Å²) >= 11 is 0. The van der Waals surface area contributed by atoms with Crippen molar-refractivity contribution in [1.82, 2.24) is 14.7 Å². The second kappa shape index (κ2) is 6.68. The number of hydrogen-bond donors (Lipinski definition) is 1. The predicted octanol–water partition coefficient (Wildman–Crippen LogP) is 2.16. The largest absolute Gasteiger partial charge is 0.389 e. The number of benzene rings is 1. The van der Waals surface area contributed by atoms with Crippen LogP contribution in [0.5, 0.6) is 0 Å². The zero-order valence-electron chi connectivity index (χ0n) is 12.2. The summed E-state index contributed by atoms with van der Waals surface area (Å²) in [6, 6.07) is 12.3. The van der Waals surface area contributed by atoms with Gasteiger partial charge in [-0.25, -0.2) is 0 Å². The summed E-state index contributed by atoms with van der Waals surface area (Å²) in [5, 5.41) is 14.3. The lowest BCUT2D eigenvalue weighted by Crippen LogP contribution is -2.39. The average Bonchev–Trinajstić information content (AvgIpc) is 2.88. The first kappa shape index (κ1) is 14.8. The van der Waals surface area contributed by atoms with E-state index in [1.54, 1.807) is 6.20 Å². The van der Waals surface area contributed by atoms with Crippen molar-refractivity contribution < 1.29 is 5.11 Å². The van der Waals surface area contributed by atoms with E-state index in [2.05, 4.69) is 22.1 Å². The van der Waals surface area contributed by atoms with Gasteiger partial charge >= 0.3 is 0 Å². The van der Waals surface area contributed by atoms with Crippen LogP contribution in [-0.4, -0.2) is 38.5 Å². The second-order valence-electron chi connectivity index (χ2n) is 5.78. The number of nitrogens with zero attached hydrogens (tertiary/aromatic N) is 3. The molecule has 0 saturated heterocycles. The minimum atomic E-state index is -0.696. The highest BCUT2D eigenvalue weighted by Gasteiger charge is 2.18. The molecular formula is C16H23N3O. The van der Waals surface area contributed by atoms with Crippen molar-refractivity contribution >= 4 is 0 Å². The van der Waals surface area contributed by atoms with Crippen molar-refractivity contribution in [1.29, 1.82) is 0 Å². The predicted molar refractivity (Wildman–Crippen MR) is 80.2 cm³/mol. The van der Waals surface area contributed by atoms with Crippen LogP contribution in [0.2, 0.25) is 0 Å². The Morgan fingerprint density at radius 2 is 1.95 bits per heavy atom. The zero-order chi connectivity index (χ0) is 14.4. The van der Waals surface area contributed by atoms with E-state index < -0.39 is 5.60 Å². The zero-order valence-corrected chi connectivity index (χ0v) is 12.2. The fourth-order valence-electron chi connectivity index (χ4n) is 2.28. The Balaban J connectivity index is 1.96. The summed E-state index contributed by atoms with van der Waals surface area (Å²) in [7, 11) is 0. The maximum absolute atomic E-state index is 10.1. The third-order valence-corrected chi connectivity index (χ3v) is 3.06. The molecule has 1 aromatic heterocycles. The van der Waals surface area contributed by atoms with Gasteiger partial charge in [0.15, 0.2) is 0 Å². The summed E-state index contributed by atoms with van der Waals surface area (Å²) in [5.41, 5.74) is 0.566. The van der Waals surface area contributed by atoms with Crippen LogP contribution in [0.4, 0.5) is 0 Å². The summed E-state index contributed by atoms with van der Waals surface area (Å²) in [6.45, 7) is 6.86. The molecule has 4 heteroatoms. The van der Waals surface area contributed by atoms with Crippen molar-refractivity contribution in [2.24, 2.45) is 0 Å². The number of aliphatic hydroxyl groups is 1. The standard InChI is InChI=1S/C16H23N3O/c1-16(2,20)14-18(11-12-19-10-6-9-17-19)13-15-7-4-3-5-8-15/h3-10,20H,11-14H2,1-2H3. The second-order valence-corrected chi connectivity index (χ2v) is 5.78. The van der Waals surface area contributed by atoms with E-state index in [0.717, 1.165) is 19.6 Å². The maximum atomic E-state index is 10.1. The minimum Gasteiger partial charge on any atom is -0.389 e. The molecule has 0 bridgehead atoms. The first-order chi connectivity index (χ1) is 9.53. The fourth-order valence-corrected chi connectivity index (χ4v) is 2.28. The quantitative estimate of drug-likeness (QED) is 0.840. The van der Waals surface area contributed by atoms with Crippen LogP contribution in [0, 0.1) is 0 Å². The molecule has 108 valence electrons. The Bertz CT molecular complexity index is 488. The number of aromatic nitrogens is 2. The minimum absolute atomic E-state index is 0.642. The molecule has 0 aliphatic rings. The summed E-state index contributed by atoms with van der Waals surface area (Å²) in [5.74, 6) is 0. The third kappa shape index (κ3) is 5.15. The molecule has 1 heterocycles. The molecule has 0 aliphatic heterocycles. The SMILES string of the molecule is CC(C)(O)CN(CCn1cccn1)Cc1ccccc1. The Morgan fingerprint density at radius 3 is 2.55 bits per heavy atom. The first-order valence-corrected chi connectivity index (χ1v) is 6.99. The van der Waals surface area contributed by atoms with Gasteiger partial charge in [-0.2, -0.15) is 5.10 Å². The molecule has 0 spiro atoms. The van der Waals surface area contributed by atoms with Crippen LogP contribution in [0.1, 0.15) is 19.4 Å². The van der Waals surface area contributed by atoms with Crippen LogP contribution in [0.15, 0.2) is 48.8 Å². The van der Waals surface area contributed by atoms with E-state index in [1.807, 2.05) is 49.0 Å². The van der Waals surface area contributed by atoms with Crippen LogP contribution >= 0.6 is 0 Å². The highest BCUT2D eigenvalue weighted by atomic mass is 16.3. The lowest BCUT2D eigenvalue weighted by atomic mass is 10.1. The van der Waals surface area contributed by atoms with E-state index in [-0.39, 0.29) is 0 Å². The van der Waals surface area contributed by atoms with Crippen LogP contribution in [0.25, 0.3) is 0 Å². The van der Waals surface area contributed by atoms with Crippen LogP contribution < -0.4 is 0 Å². The van der Waals surface area contributed by atoms with Crippen molar-refractivity contribution in [3.8, 4) is 0 Å². The van der Waals surface area contributed by atoms with E-state index in [1.165, 1.54) is 5.56 Å². The van der Waals surface area contributed by atoms with Gasteiger partial charge in [0, 0.05) is 32.0 Å². The molecule has 2 aromatic rings. The van der Waals surface area contributed by atoms with Crippen LogP contribution in [0.3, 0.4) is 0 Å². The van der Waals surface area contributed by atoms with E-state index in [0.29, 0.717) is 6.54 Å². The normalized spacial score (nSPS) is 12.0. The maximum Gasteiger partial charge on any atom is 0.0718 e. The summed E-state index contributed by atoms with van der Waals surface area (Å²) < 4.78 is 1.92. The molecule has 0 aliphatic carbocycles. The van der Waals surface area contributed by atoms with Gasteiger partial charge in [-0.3, -0.25) is 9.58 Å². The van der Waals surface area contributed by atoms with Gasteiger partial charge in [-0.15, -0.1) is 0 Å². The summed E-state index contributed by atoms with van der Waals surface area (Å²) in [6.07, 6.45) is 3.75. The Labute approximate surface area is 120 Å². The van der Waals surface area contributed by atoms with Crippen molar-refractivity contribution in [3.63, 3.8) is 0 Å². The smallest absolute Gasteiger partial charge is 0.0718 e. The third-order valence-electron chi connectivity index (χ3n) is 3.06. The van der Waals surface area contributed by atoms with Crippen LogP contribution in [-0.2, 0) is 13.1 Å². The fraction of sp³-hybridized carbons (Fsp3) is 0.438. The van der Waals surface area contributed by atoms with E-state index in [4.69, 9.17) is 0 Å². The topological polar surface area (TPSA) is 41.3 Å². The highest BCUT2D eigenvalue weighted by molar-refractivity contribution is 5.14. The molecule has 0 amide bonds. The molecule has 0 saturated carbocycles. The van der Waals surface area contributed by atoms with E-state index >= 15 is 0 Å². The lowest BCUT2D eigenvalue weighted by molar-refractivity contribution is 0.0320. The van der Waals surface area contributed by atoms with Crippen molar-refractivity contribution in [2.75, 3.05) is 13.1 Å².